The van der Waals surface area contributed by atoms with Crippen molar-refractivity contribution in [2.24, 2.45) is 46.3 Å². The van der Waals surface area contributed by atoms with Gasteiger partial charge in [-0.2, -0.15) is 0 Å². The lowest BCUT2D eigenvalue weighted by Gasteiger charge is -2.61. The van der Waals surface area contributed by atoms with Crippen LogP contribution in [-0.4, -0.2) is 39.3 Å². The summed E-state index contributed by atoms with van der Waals surface area (Å²) in [5.74, 6) is 0.775. The molecule has 4 aliphatic carbocycles. The van der Waals surface area contributed by atoms with E-state index in [1.807, 2.05) is 0 Å². The molecule has 0 aliphatic heterocycles. The second-order valence-corrected chi connectivity index (χ2v) is 11.3. The highest BCUT2D eigenvalue weighted by Crippen LogP contribution is 2.67. The summed E-state index contributed by atoms with van der Waals surface area (Å²) in [6, 6.07) is 0. The van der Waals surface area contributed by atoms with Crippen LogP contribution in [0.3, 0.4) is 0 Å². The molecular weight excluding hydrogens is 368 g/mol. The molecular formula is C24H38O5. The number of Topliss-reactive ketones (excluding diaryl/α,β-unsaturated/α-hetero) is 1. The van der Waals surface area contributed by atoms with Crippen LogP contribution in [-0.2, 0) is 9.59 Å². The number of hydrogen-bond acceptors (Lipinski definition) is 4. The number of carboxylic acid groups (broad SMARTS) is 1. The van der Waals surface area contributed by atoms with Gasteiger partial charge in [-0.05, 0) is 80.0 Å². The molecule has 4 saturated carbocycles. The van der Waals surface area contributed by atoms with E-state index in [2.05, 4.69) is 20.8 Å². The summed E-state index contributed by atoms with van der Waals surface area (Å²) >= 11 is 0. The smallest absolute Gasteiger partial charge is 0.303 e. The molecule has 10 atom stereocenters. The first-order valence-corrected chi connectivity index (χ1v) is 11.7. The van der Waals surface area contributed by atoms with Crippen molar-refractivity contribution >= 4 is 11.8 Å². The Morgan fingerprint density at radius 1 is 1.14 bits per heavy atom. The van der Waals surface area contributed by atoms with Crippen LogP contribution >= 0.6 is 0 Å². The Hall–Kier alpha value is -0.940. The zero-order chi connectivity index (χ0) is 21.1. The summed E-state index contributed by atoms with van der Waals surface area (Å²) < 4.78 is 0. The lowest BCUT2D eigenvalue weighted by Crippen LogP contribution is -2.61. The number of hydrogen-bond donors (Lipinski definition) is 3. The number of aliphatic carboxylic acids is 1. The van der Waals surface area contributed by atoms with Crippen molar-refractivity contribution in [1.82, 2.24) is 0 Å². The van der Waals surface area contributed by atoms with Crippen LogP contribution in [0.1, 0.15) is 78.6 Å². The third-order valence-corrected chi connectivity index (χ3v) is 10.1. The standard InChI is InChI=1S/C24H38O5/c1-13(4-7-21(28)29)16-5-6-17-22-18(12-20(27)24(16,17)3)23(2)9-8-15(25)10-14(23)11-19(22)26/h13-18,20,22,25,27H,4-12H2,1-3H3,(H,28,29)/t13-,14?,15-,16?,17?,18?,20+,22?,23+,24-/m1/s1. The van der Waals surface area contributed by atoms with E-state index in [0.717, 1.165) is 32.1 Å². The summed E-state index contributed by atoms with van der Waals surface area (Å²) in [6.45, 7) is 6.62. The van der Waals surface area contributed by atoms with E-state index in [0.29, 0.717) is 25.0 Å². The molecule has 5 heteroatoms. The summed E-state index contributed by atoms with van der Waals surface area (Å²) in [5.41, 5.74) is -0.265. The zero-order valence-electron chi connectivity index (χ0n) is 18.1. The van der Waals surface area contributed by atoms with Gasteiger partial charge in [0.25, 0.3) is 0 Å². The van der Waals surface area contributed by atoms with Gasteiger partial charge in [-0.15, -0.1) is 0 Å². The number of carboxylic acids is 1. The van der Waals surface area contributed by atoms with E-state index in [1.54, 1.807) is 0 Å². The number of carbonyl (C=O) groups is 2. The molecule has 0 saturated heterocycles. The van der Waals surface area contributed by atoms with Crippen LogP contribution in [0.2, 0.25) is 0 Å². The third-order valence-electron chi connectivity index (χ3n) is 10.1. The van der Waals surface area contributed by atoms with Gasteiger partial charge in [0.2, 0.25) is 0 Å². The molecule has 0 heterocycles. The predicted molar refractivity (Wildman–Crippen MR) is 109 cm³/mol. The molecule has 4 fully saturated rings. The number of fused-ring (bicyclic) bond motifs is 5. The van der Waals surface area contributed by atoms with Gasteiger partial charge in [0.15, 0.2) is 0 Å². The van der Waals surface area contributed by atoms with E-state index in [4.69, 9.17) is 5.11 Å². The Kier molecular flexibility index (Phi) is 5.39. The number of aliphatic hydroxyl groups excluding tert-OH is 2. The quantitative estimate of drug-likeness (QED) is 0.662. The highest BCUT2D eigenvalue weighted by molar-refractivity contribution is 5.83. The molecule has 0 radical (unpaired) electrons. The van der Waals surface area contributed by atoms with Crippen LogP contribution < -0.4 is 0 Å². The molecule has 0 aromatic carbocycles. The minimum atomic E-state index is -0.762. The van der Waals surface area contributed by atoms with Gasteiger partial charge >= 0.3 is 5.97 Å². The number of ketones is 1. The van der Waals surface area contributed by atoms with E-state index < -0.39 is 12.1 Å². The topological polar surface area (TPSA) is 94.8 Å². The van der Waals surface area contributed by atoms with Gasteiger partial charge in [0, 0.05) is 24.2 Å². The monoisotopic (exact) mass is 406 g/mol. The van der Waals surface area contributed by atoms with Crippen molar-refractivity contribution in [3.8, 4) is 0 Å². The van der Waals surface area contributed by atoms with Gasteiger partial charge in [-0.3, -0.25) is 9.59 Å². The van der Waals surface area contributed by atoms with E-state index in [1.165, 1.54) is 0 Å². The molecule has 0 amide bonds. The van der Waals surface area contributed by atoms with Gasteiger partial charge in [0.1, 0.15) is 5.78 Å². The molecule has 0 aromatic rings. The largest absolute Gasteiger partial charge is 0.481 e. The minimum Gasteiger partial charge on any atom is -0.481 e. The van der Waals surface area contributed by atoms with Gasteiger partial charge in [-0.25, -0.2) is 0 Å². The first-order chi connectivity index (χ1) is 13.6. The third kappa shape index (κ3) is 3.18. The van der Waals surface area contributed by atoms with Crippen molar-refractivity contribution in [2.45, 2.75) is 90.8 Å². The maximum absolute atomic E-state index is 13.4. The predicted octanol–water partition coefficient (Wildman–Crippen LogP) is 3.66. The number of carbonyl (C=O) groups excluding carboxylic acids is 1. The molecule has 0 aromatic heterocycles. The minimum absolute atomic E-state index is 0.0246. The SMILES string of the molecule is C[C@H](CCC(=O)O)C1CCC2C3C(=O)CC4C[C@H](O)CC[C@]4(C)C3C[C@H](O)[C@@]21C. The van der Waals surface area contributed by atoms with E-state index in [-0.39, 0.29) is 58.9 Å². The molecule has 3 N–H and O–H groups in total. The molecule has 0 spiro atoms. The molecule has 164 valence electrons. The van der Waals surface area contributed by atoms with Crippen molar-refractivity contribution in [3.05, 3.63) is 0 Å². The maximum Gasteiger partial charge on any atom is 0.303 e. The average molecular weight is 407 g/mol. The number of aliphatic hydroxyl groups is 2. The second kappa shape index (κ2) is 7.33. The summed E-state index contributed by atoms with van der Waals surface area (Å²) in [5, 5.41) is 30.7. The molecule has 5 unspecified atom stereocenters. The average Bonchev–Trinajstić information content (AvgIpc) is 3.01. The van der Waals surface area contributed by atoms with Crippen LogP contribution in [0.15, 0.2) is 0 Å². The highest BCUT2D eigenvalue weighted by atomic mass is 16.4. The lowest BCUT2D eigenvalue weighted by molar-refractivity contribution is -0.182. The zero-order valence-corrected chi connectivity index (χ0v) is 18.1. The Morgan fingerprint density at radius 2 is 1.86 bits per heavy atom. The van der Waals surface area contributed by atoms with Crippen molar-refractivity contribution in [2.75, 3.05) is 0 Å². The molecule has 0 bridgehead atoms. The summed E-state index contributed by atoms with van der Waals surface area (Å²) in [4.78, 5) is 24.4. The fraction of sp³-hybridized carbons (Fsp3) is 0.917. The van der Waals surface area contributed by atoms with Crippen molar-refractivity contribution < 1.29 is 24.9 Å². The van der Waals surface area contributed by atoms with Crippen LogP contribution in [0.25, 0.3) is 0 Å². The highest BCUT2D eigenvalue weighted by Gasteiger charge is 2.65. The summed E-state index contributed by atoms with van der Waals surface area (Å²) in [6.07, 6.45) is 5.74. The molecule has 4 aliphatic rings. The fourth-order valence-electron chi connectivity index (χ4n) is 8.40. The number of rotatable bonds is 4. The Balaban J connectivity index is 1.62. The lowest BCUT2D eigenvalue weighted by atomic mass is 9.43. The van der Waals surface area contributed by atoms with E-state index in [9.17, 15) is 19.8 Å². The molecule has 4 rings (SSSR count). The maximum atomic E-state index is 13.4. The molecule has 29 heavy (non-hydrogen) atoms. The van der Waals surface area contributed by atoms with E-state index >= 15 is 0 Å². The van der Waals surface area contributed by atoms with Gasteiger partial charge < -0.3 is 15.3 Å². The Labute approximate surface area is 174 Å². The van der Waals surface area contributed by atoms with Crippen molar-refractivity contribution in [3.63, 3.8) is 0 Å². The first kappa shape index (κ1) is 21.3. The van der Waals surface area contributed by atoms with Gasteiger partial charge in [-0.1, -0.05) is 20.8 Å². The Morgan fingerprint density at radius 3 is 2.55 bits per heavy atom. The first-order valence-electron chi connectivity index (χ1n) is 11.7. The normalized spacial score (nSPS) is 50.4. The second-order valence-electron chi connectivity index (χ2n) is 11.3. The van der Waals surface area contributed by atoms with Gasteiger partial charge in [0.05, 0.1) is 12.2 Å². The Bertz CT molecular complexity index is 676. The van der Waals surface area contributed by atoms with Crippen LogP contribution in [0, 0.1) is 46.3 Å². The summed E-state index contributed by atoms with van der Waals surface area (Å²) in [7, 11) is 0. The molecule has 5 nitrogen and oxygen atoms in total. The van der Waals surface area contributed by atoms with Crippen LogP contribution in [0.4, 0.5) is 0 Å². The van der Waals surface area contributed by atoms with Crippen molar-refractivity contribution in [1.29, 1.82) is 0 Å². The van der Waals surface area contributed by atoms with Crippen LogP contribution in [0.5, 0.6) is 0 Å². The fourth-order valence-corrected chi connectivity index (χ4v) is 8.40.